The summed E-state index contributed by atoms with van der Waals surface area (Å²) in [6, 6.07) is 14.8. The minimum atomic E-state index is 0.216. The van der Waals surface area contributed by atoms with Crippen LogP contribution in [0.4, 0.5) is 5.69 Å². The van der Waals surface area contributed by atoms with Gasteiger partial charge in [0.15, 0.2) is 0 Å². The van der Waals surface area contributed by atoms with E-state index < -0.39 is 0 Å². The Labute approximate surface area is 126 Å². The van der Waals surface area contributed by atoms with E-state index in [1.807, 2.05) is 6.07 Å². The summed E-state index contributed by atoms with van der Waals surface area (Å²) in [7, 11) is 3.38. The second kappa shape index (κ2) is 7.14. The van der Waals surface area contributed by atoms with Crippen molar-refractivity contribution in [1.29, 1.82) is 0 Å². The number of aryl methyl sites for hydroxylation is 1. The van der Waals surface area contributed by atoms with E-state index in [-0.39, 0.29) is 6.04 Å². The lowest BCUT2D eigenvalue weighted by molar-refractivity contribution is 0.181. The highest BCUT2D eigenvalue weighted by molar-refractivity contribution is 5.48. The first-order chi connectivity index (χ1) is 10.1. The van der Waals surface area contributed by atoms with E-state index in [4.69, 9.17) is 9.47 Å². The first-order valence-corrected chi connectivity index (χ1v) is 7.13. The predicted octanol–water partition coefficient (Wildman–Crippen LogP) is 4.32. The molecule has 3 heteroatoms. The molecular formula is C18H23NO2. The normalized spacial score (nSPS) is 12.0. The van der Waals surface area contributed by atoms with Crippen molar-refractivity contribution in [3.8, 4) is 5.75 Å². The minimum Gasteiger partial charge on any atom is -0.496 e. The number of methoxy groups -OCH3 is 2. The van der Waals surface area contributed by atoms with Crippen LogP contribution in [0.25, 0.3) is 0 Å². The molecule has 21 heavy (non-hydrogen) atoms. The van der Waals surface area contributed by atoms with Crippen molar-refractivity contribution in [3.05, 3.63) is 59.2 Å². The van der Waals surface area contributed by atoms with Gasteiger partial charge >= 0.3 is 0 Å². The Morgan fingerprint density at radius 3 is 2.57 bits per heavy atom. The van der Waals surface area contributed by atoms with Gasteiger partial charge in [-0.3, -0.25) is 0 Å². The fourth-order valence-electron chi connectivity index (χ4n) is 2.40. The highest BCUT2D eigenvalue weighted by Crippen LogP contribution is 2.26. The number of benzene rings is 2. The average molecular weight is 285 g/mol. The van der Waals surface area contributed by atoms with Gasteiger partial charge in [-0.2, -0.15) is 0 Å². The van der Waals surface area contributed by atoms with Gasteiger partial charge in [0, 0.05) is 24.4 Å². The van der Waals surface area contributed by atoms with Gasteiger partial charge in [0.25, 0.3) is 0 Å². The molecule has 0 amide bonds. The molecule has 2 rings (SSSR count). The third kappa shape index (κ3) is 3.99. The molecule has 0 aliphatic heterocycles. The molecule has 1 N–H and O–H groups in total. The topological polar surface area (TPSA) is 30.5 Å². The van der Waals surface area contributed by atoms with Crippen molar-refractivity contribution in [2.45, 2.75) is 26.5 Å². The van der Waals surface area contributed by atoms with E-state index in [0.29, 0.717) is 6.61 Å². The molecule has 0 aliphatic rings. The maximum atomic E-state index is 5.37. The Balaban J connectivity index is 2.18. The zero-order valence-corrected chi connectivity index (χ0v) is 13.1. The summed E-state index contributed by atoms with van der Waals surface area (Å²) >= 11 is 0. The van der Waals surface area contributed by atoms with Crippen LogP contribution in [-0.2, 0) is 11.3 Å². The highest BCUT2D eigenvalue weighted by Gasteiger charge is 2.10. The number of anilines is 1. The lowest BCUT2D eigenvalue weighted by Crippen LogP contribution is -2.07. The summed E-state index contributed by atoms with van der Waals surface area (Å²) in [5.41, 5.74) is 4.66. The predicted molar refractivity (Wildman–Crippen MR) is 86.9 cm³/mol. The first kappa shape index (κ1) is 15.4. The zero-order chi connectivity index (χ0) is 15.2. The van der Waals surface area contributed by atoms with Gasteiger partial charge in [-0.1, -0.05) is 18.2 Å². The molecule has 0 radical (unpaired) electrons. The molecule has 2 aromatic carbocycles. The Morgan fingerprint density at radius 2 is 1.90 bits per heavy atom. The molecule has 112 valence electrons. The molecule has 0 aromatic heterocycles. The number of nitrogens with one attached hydrogen (secondary N) is 1. The Hall–Kier alpha value is -2.00. The van der Waals surface area contributed by atoms with Crippen molar-refractivity contribution in [3.63, 3.8) is 0 Å². The van der Waals surface area contributed by atoms with E-state index >= 15 is 0 Å². The van der Waals surface area contributed by atoms with Gasteiger partial charge in [0.2, 0.25) is 0 Å². The van der Waals surface area contributed by atoms with Crippen molar-refractivity contribution < 1.29 is 9.47 Å². The highest BCUT2D eigenvalue weighted by atomic mass is 16.5. The molecule has 0 fully saturated rings. The summed E-state index contributed by atoms with van der Waals surface area (Å²) in [4.78, 5) is 0. The largest absolute Gasteiger partial charge is 0.496 e. The van der Waals surface area contributed by atoms with Crippen LogP contribution in [-0.4, -0.2) is 14.2 Å². The molecule has 0 saturated heterocycles. The van der Waals surface area contributed by atoms with E-state index in [1.54, 1.807) is 14.2 Å². The molecule has 0 aliphatic carbocycles. The summed E-state index contributed by atoms with van der Waals surface area (Å²) in [6.45, 7) is 4.80. The van der Waals surface area contributed by atoms with Crippen molar-refractivity contribution in [2.75, 3.05) is 19.5 Å². The quantitative estimate of drug-likeness (QED) is 0.857. The molecule has 1 atom stereocenters. The number of ether oxygens (including phenoxy) is 2. The first-order valence-electron chi connectivity index (χ1n) is 7.13. The van der Waals surface area contributed by atoms with Crippen LogP contribution in [0.2, 0.25) is 0 Å². The maximum absolute atomic E-state index is 5.37. The molecule has 0 bridgehead atoms. The standard InChI is InChI=1S/C18H23NO2/c1-13-6-5-7-17(10-13)19-14(2)15-8-9-18(21-4)16(11-15)12-20-3/h5-11,14,19H,12H2,1-4H3. The van der Waals surface area contributed by atoms with Gasteiger partial charge in [-0.05, 0) is 49.2 Å². The summed E-state index contributed by atoms with van der Waals surface area (Å²) in [5.74, 6) is 0.864. The second-order valence-corrected chi connectivity index (χ2v) is 5.24. The number of rotatable bonds is 6. The van der Waals surface area contributed by atoms with Crippen LogP contribution >= 0.6 is 0 Å². The maximum Gasteiger partial charge on any atom is 0.124 e. The van der Waals surface area contributed by atoms with Crippen LogP contribution in [0.5, 0.6) is 5.75 Å². The van der Waals surface area contributed by atoms with Crippen molar-refractivity contribution in [2.24, 2.45) is 0 Å². The Kier molecular flexibility index (Phi) is 5.23. The molecule has 1 unspecified atom stereocenters. The van der Waals surface area contributed by atoms with Gasteiger partial charge in [0.1, 0.15) is 5.75 Å². The molecule has 3 nitrogen and oxygen atoms in total. The fourth-order valence-corrected chi connectivity index (χ4v) is 2.40. The van der Waals surface area contributed by atoms with E-state index in [1.165, 1.54) is 11.1 Å². The molecule has 2 aromatic rings. The van der Waals surface area contributed by atoms with Gasteiger partial charge in [0.05, 0.1) is 13.7 Å². The van der Waals surface area contributed by atoms with Crippen LogP contribution in [0.3, 0.4) is 0 Å². The fraction of sp³-hybridized carbons (Fsp3) is 0.333. The molecular weight excluding hydrogens is 262 g/mol. The second-order valence-electron chi connectivity index (χ2n) is 5.24. The SMILES string of the molecule is COCc1cc(C(C)Nc2cccc(C)c2)ccc1OC. The monoisotopic (exact) mass is 285 g/mol. The lowest BCUT2D eigenvalue weighted by Gasteiger charge is -2.18. The third-order valence-electron chi connectivity index (χ3n) is 3.51. The Morgan fingerprint density at radius 1 is 1.10 bits per heavy atom. The lowest BCUT2D eigenvalue weighted by atomic mass is 10.0. The van der Waals surface area contributed by atoms with Gasteiger partial charge in [-0.15, -0.1) is 0 Å². The summed E-state index contributed by atoms with van der Waals surface area (Å²) < 4.78 is 10.6. The summed E-state index contributed by atoms with van der Waals surface area (Å²) in [6.07, 6.45) is 0. The van der Waals surface area contributed by atoms with Gasteiger partial charge in [-0.25, -0.2) is 0 Å². The van der Waals surface area contributed by atoms with E-state index in [0.717, 1.165) is 17.0 Å². The average Bonchev–Trinajstić information content (AvgIpc) is 2.47. The zero-order valence-electron chi connectivity index (χ0n) is 13.1. The van der Waals surface area contributed by atoms with E-state index in [9.17, 15) is 0 Å². The van der Waals surface area contributed by atoms with Crippen LogP contribution in [0.15, 0.2) is 42.5 Å². The minimum absolute atomic E-state index is 0.216. The van der Waals surface area contributed by atoms with Crippen molar-refractivity contribution >= 4 is 5.69 Å². The smallest absolute Gasteiger partial charge is 0.124 e. The molecule has 0 heterocycles. The Bertz CT molecular complexity index is 596. The van der Waals surface area contributed by atoms with Crippen LogP contribution in [0.1, 0.15) is 29.7 Å². The molecule has 0 saturated carbocycles. The third-order valence-corrected chi connectivity index (χ3v) is 3.51. The van der Waals surface area contributed by atoms with Crippen molar-refractivity contribution in [1.82, 2.24) is 0 Å². The number of hydrogen-bond acceptors (Lipinski definition) is 3. The van der Waals surface area contributed by atoms with E-state index in [2.05, 4.69) is 55.6 Å². The van der Waals surface area contributed by atoms with Gasteiger partial charge < -0.3 is 14.8 Å². The number of hydrogen-bond donors (Lipinski definition) is 1. The van der Waals surface area contributed by atoms with Crippen LogP contribution in [0, 0.1) is 6.92 Å². The van der Waals surface area contributed by atoms with Crippen LogP contribution < -0.4 is 10.1 Å². The summed E-state index contributed by atoms with van der Waals surface area (Å²) in [5, 5.41) is 3.52. The molecule has 0 spiro atoms.